The molecule has 1 amide bonds. The molecule has 0 unspecified atom stereocenters. The number of fused-ring (bicyclic) bond motifs is 1. The summed E-state index contributed by atoms with van der Waals surface area (Å²) in [5.41, 5.74) is 7.63. The number of carbonyl (C=O) groups excluding carboxylic acids is 1. The largest absolute Gasteiger partial charge is 0.389 e. The van der Waals surface area contributed by atoms with Crippen LogP contribution < -0.4 is 15.5 Å². The van der Waals surface area contributed by atoms with Gasteiger partial charge in [0.2, 0.25) is 23.6 Å². The lowest BCUT2D eigenvalue weighted by Crippen LogP contribution is -2.48. The van der Waals surface area contributed by atoms with Crippen LogP contribution in [0.4, 0.5) is 16.8 Å². The first-order valence-electron chi connectivity index (χ1n) is 14.9. The van der Waals surface area contributed by atoms with Gasteiger partial charge in [-0.2, -0.15) is 15.2 Å². The first-order chi connectivity index (χ1) is 20.7. The molecule has 0 saturated carbocycles. The van der Waals surface area contributed by atoms with Crippen LogP contribution in [0.5, 0.6) is 0 Å². The zero-order valence-electron chi connectivity index (χ0n) is 25.0. The molecule has 3 aliphatic rings. The molecule has 1 aliphatic carbocycles. The lowest BCUT2D eigenvalue weighted by molar-refractivity contribution is -0.126. The number of carbonyl (C=O) groups is 1. The summed E-state index contributed by atoms with van der Waals surface area (Å²) in [5, 5.41) is 14.9. The van der Waals surface area contributed by atoms with Gasteiger partial charge in [0.25, 0.3) is 0 Å². The molecule has 3 aromatic heterocycles. The smallest absolute Gasteiger partial charge is 0.246 e. The number of rotatable bonds is 5. The van der Waals surface area contributed by atoms with Gasteiger partial charge >= 0.3 is 0 Å². The van der Waals surface area contributed by atoms with E-state index in [0.29, 0.717) is 60.1 Å². The summed E-state index contributed by atoms with van der Waals surface area (Å²) in [6.45, 7) is 13.1. The fourth-order valence-corrected chi connectivity index (χ4v) is 7.83. The second kappa shape index (κ2) is 11.6. The minimum atomic E-state index is -0.616. The zero-order chi connectivity index (χ0) is 30.3. The number of hydrogen-bond acceptors (Lipinski definition) is 12. The van der Waals surface area contributed by atoms with Crippen molar-refractivity contribution in [2.45, 2.75) is 51.0 Å². The maximum Gasteiger partial charge on any atom is 0.246 e. The third kappa shape index (κ3) is 5.34. The van der Waals surface area contributed by atoms with Crippen molar-refractivity contribution >= 4 is 34.0 Å². The van der Waals surface area contributed by atoms with Crippen LogP contribution >= 0.6 is 11.3 Å². The Kier molecular flexibility index (Phi) is 7.83. The van der Waals surface area contributed by atoms with E-state index < -0.39 is 5.41 Å². The molecule has 6 rings (SSSR count). The van der Waals surface area contributed by atoms with Crippen LogP contribution in [0.15, 0.2) is 23.2 Å². The number of anilines is 3. The van der Waals surface area contributed by atoms with Crippen LogP contribution in [0.3, 0.4) is 0 Å². The number of piperazine rings is 1. The Morgan fingerprint density at radius 2 is 2.00 bits per heavy atom. The Labute approximate surface area is 255 Å². The molecule has 0 bridgehead atoms. The number of nitrogen functional groups attached to an aromatic ring is 1. The number of thiophene rings is 1. The number of aryl methyl sites for hydroxylation is 1. The average Bonchev–Trinajstić information content (AvgIpc) is 3.60. The molecule has 2 N–H and O–H groups in total. The van der Waals surface area contributed by atoms with Crippen molar-refractivity contribution in [3.05, 3.63) is 40.6 Å². The van der Waals surface area contributed by atoms with Crippen LogP contribution in [0.2, 0.25) is 0 Å². The molecule has 13 heteroatoms. The molecule has 3 aromatic rings. The van der Waals surface area contributed by atoms with Gasteiger partial charge in [-0.25, -0.2) is 4.98 Å². The molecule has 0 aromatic carbocycles. The summed E-state index contributed by atoms with van der Waals surface area (Å²) in [4.78, 5) is 36.8. The third-order valence-electron chi connectivity index (χ3n) is 8.97. The molecule has 43 heavy (non-hydrogen) atoms. The highest BCUT2D eigenvalue weighted by Crippen LogP contribution is 2.48. The van der Waals surface area contributed by atoms with E-state index in [1.54, 1.807) is 4.90 Å². The van der Waals surface area contributed by atoms with Crippen molar-refractivity contribution in [3.8, 4) is 17.6 Å². The molecule has 2 aliphatic heterocycles. The predicted molar refractivity (Wildman–Crippen MR) is 166 cm³/mol. The molecule has 226 valence electrons. The average molecular weight is 603 g/mol. The zero-order valence-corrected chi connectivity index (χ0v) is 25.9. The Morgan fingerprint density at radius 3 is 2.74 bits per heavy atom. The first kappa shape index (κ1) is 29.1. The second-order valence-corrected chi connectivity index (χ2v) is 13.1. The minimum Gasteiger partial charge on any atom is -0.389 e. The number of nitriles is 1. The molecular formula is C30H38N10O2S. The monoisotopic (exact) mass is 602 g/mol. The molecule has 2 saturated heterocycles. The van der Waals surface area contributed by atoms with Gasteiger partial charge in [-0.3, -0.25) is 4.79 Å². The van der Waals surface area contributed by atoms with Gasteiger partial charge in [-0.1, -0.05) is 11.7 Å². The highest BCUT2D eigenvalue weighted by molar-refractivity contribution is 7.16. The predicted octanol–water partition coefficient (Wildman–Crippen LogP) is 3.05. The van der Waals surface area contributed by atoms with Crippen molar-refractivity contribution in [1.29, 1.82) is 5.26 Å². The molecule has 2 atom stereocenters. The molecule has 12 nitrogen and oxygen atoms in total. The third-order valence-corrected chi connectivity index (χ3v) is 10.1. The highest BCUT2D eigenvalue weighted by Gasteiger charge is 2.43. The maximum absolute atomic E-state index is 12.2. The lowest BCUT2D eigenvalue weighted by Gasteiger charge is -2.35. The van der Waals surface area contributed by atoms with E-state index in [4.69, 9.17) is 25.2 Å². The standard InChI is InChI=1S/C30H38N10O2S/c1-5-24(41)39-14-12-38(13-15-39)23-16-21(33-29(34-23)40-11-7-10-37(4)18-19(40)2)27-35-28(42-36-27)30(3)9-6-8-22-25(30)20(17-31)26(32)43-22/h5,16,19H,1,6-15,18,32H2,2-4H3/t19-,30-/m0/s1. The van der Waals surface area contributed by atoms with E-state index in [1.165, 1.54) is 17.4 Å². The van der Waals surface area contributed by atoms with Gasteiger partial charge in [0, 0.05) is 61.8 Å². The quantitative estimate of drug-likeness (QED) is 0.430. The normalized spacial score (nSPS) is 23.0. The fraction of sp³-hybridized carbons (Fsp3) is 0.533. The number of nitrogens with two attached hydrogens (primary N) is 1. The molecular weight excluding hydrogens is 564 g/mol. The Hall–Kier alpha value is -4.02. The summed E-state index contributed by atoms with van der Waals surface area (Å²) in [5.74, 6) is 2.19. The van der Waals surface area contributed by atoms with Gasteiger partial charge in [0.1, 0.15) is 22.6 Å². The number of aromatic nitrogens is 4. The molecule has 2 fully saturated rings. The van der Waals surface area contributed by atoms with Gasteiger partial charge in [0.05, 0.1) is 11.0 Å². The summed E-state index contributed by atoms with van der Waals surface area (Å²) in [6.07, 6.45) is 4.97. The van der Waals surface area contributed by atoms with Gasteiger partial charge in [-0.05, 0) is 59.2 Å². The van der Waals surface area contributed by atoms with Crippen molar-refractivity contribution in [2.75, 3.05) is 68.4 Å². The number of likely N-dealkylation sites (N-methyl/N-ethyl adjacent to an activating group) is 1. The van der Waals surface area contributed by atoms with E-state index >= 15 is 0 Å². The summed E-state index contributed by atoms with van der Waals surface area (Å²) in [6, 6.07) is 4.44. The lowest BCUT2D eigenvalue weighted by atomic mass is 9.72. The number of amides is 1. The van der Waals surface area contributed by atoms with E-state index in [-0.39, 0.29) is 11.9 Å². The van der Waals surface area contributed by atoms with E-state index in [9.17, 15) is 10.1 Å². The van der Waals surface area contributed by atoms with Crippen LogP contribution in [0, 0.1) is 11.3 Å². The second-order valence-electron chi connectivity index (χ2n) is 11.9. The Bertz CT molecular complexity index is 1570. The Morgan fingerprint density at radius 1 is 1.21 bits per heavy atom. The Balaban J connectivity index is 1.38. The van der Waals surface area contributed by atoms with Gasteiger partial charge in [-0.15, -0.1) is 11.3 Å². The molecule has 0 spiro atoms. The van der Waals surface area contributed by atoms with E-state index in [0.717, 1.165) is 61.6 Å². The molecule has 0 radical (unpaired) electrons. The van der Waals surface area contributed by atoms with Crippen molar-refractivity contribution in [3.63, 3.8) is 0 Å². The molecule has 5 heterocycles. The first-order valence-corrected chi connectivity index (χ1v) is 15.7. The maximum atomic E-state index is 12.2. The van der Waals surface area contributed by atoms with Gasteiger partial charge in [0.15, 0.2) is 0 Å². The van der Waals surface area contributed by atoms with Crippen molar-refractivity contribution in [1.82, 2.24) is 29.9 Å². The number of hydrogen-bond donors (Lipinski definition) is 1. The van der Waals surface area contributed by atoms with Crippen LogP contribution in [-0.2, 0) is 16.6 Å². The van der Waals surface area contributed by atoms with Crippen molar-refractivity contribution in [2.24, 2.45) is 0 Å². The van der Waals surface area contributed by atoms with Crippen molar-refractivity contribution < 1.29 is 9.32 Å². The topological polar surface area (TPSA) is 145 Å². The van der Waals surface area contributed by atoms with Crippen LogP contribution in [0.1, 0.15) is 55.0 Å². The fourth-order valence-electron chi connectivity index (χ4n) is 6.64. The van der Waals surface area contributed by atoms with E-state index in [2.05, 4.69) is 53.4 Å². The summed E-state index contributed by atoms with van der Waals surface area (Å²) >= 11 is 1.48. The minimum absolute atomic E-state index is 0.0585. The summed E-state index contributed by atoms with van der Waals surface area (Å²) in [7, 11) is 2.14. The highest BCUT2D eigenvalue weighted by atomic mass is 32.1. The summed E-state index contributed by atoms with van der Waals surface area (Å²) < 4.78 is 5.95. The van der Waals surface area contributed by atoms with Crippen LogP contribution in [-0.4, -0.2) is 94.7 Å². The van der Waals surface area contributed by atoms with E-state index in [1.807, 2.05) is 6.07 Å². The number of nitrogens with zero attached hydrogens (tertiary/aromatic N) is 9. The SMILES string of the molecule is C=CC(=O)N1CCN(c2cc(-c3noc([C@@]4(C)CCCc5sc(N)c(C#N)c54)n3)nc(N3CCCN(C)C[C@@H]3C)n2)CC1. The van der Waals surface area contributed by atoms with Gasteiger partial charge < -0.3 is 29.9 Å². The van der Waals surface area contributed by atoms with Crippen LogP contribution in [0.25, 0.3) is 11.5 Å².